The summed E-state index contributed by atoms with van der Waals surface area (Å²) < 4.78 is 14.0. The van der Waals surface area contributed by atoms with Crippen molar-refractivity contribution in [1.82, 2.24) is 4.90 Å². The zero-order valence-corrected chi connectivity index (χ0v) is 34.7. The van der Waals surface area contributed by atoms with Gasteiger partial charge in [-0.15, -0.1) is 0 Å². The van der Waals surface area contributed by atoms with Crippen molar-refractivity contribution in [2.24, 2.45) is 46.8 Å². The van der Waals surface area contributed by atoms with Crippen molar-refractivity contribution in [1.29, 1.82) is 0 Å². The maximum Gasteiger partial charge on any atom is 0.109 e. The third kappa shape index (κ3) is 5.18. The first-order valence-corrected chi connectivity index (χ1v) is 24.6. The molecule has 0 amide bonds. The monoisotopic (exact) mass is 762 g/mol. The fourth-order valence-corrected chi connectivity index (χ4v) is 16.9. The number of hydrogen-bond donors (Lipinski definition) is 0. The zero-order chi connectivity index (χ0) is 37.2. The molecule has 1 saturated heterocycles. The Labute approximate surface area is 343 Å². The average molecular weight is 762 g/mol. The van der Waals surface area contributed by atoms with Crippen LogP contribution in [-0.4, -0.2) is 35.3 Å². The molecule has 300 valence electrons. The highest BCUT2D eigenvalue weighted by Crippen LogP contribution is 2.71. The number of hydrogen-bond acceptors (Lipinski definition) is 3. The Morgan fingerprint density at radius 2 is 1.53 bits per heavy atom. The highest BCUT2D eigenvalue weighted by atomic mass is 16.5. The van der Waals surface area contributed by atoms with Crippen LogP contribution in [0.5, 0.6) is 0 Å². The van der Waals surface area contributed by atoms with Crippen LogP contribution in [0.4, 0.5) is 0 Å². The molecule has 0 aromatic rings. The van der Waals surface area contributed by atoms with Gasteiger partial charge >= 0.3 is 0 Å². The Morgan fingerprint density at radius 1 is 0.614 bits per heavy atom. The quantitative estimate of drug-likeness (QED) is 0.267. The van der Waals surface area contributed by atoms with Gasteiger partial charge in [0.25, 0.3) is 0 Å². The van der Waals surface area contributed by atoms with Crippen LogP contribution < -0.4 is 0 Å². The molecule has 0 aromatic heterocycles. The third-order valence-corrected chi connectivity index (χ3v) is 19.0. The van der Waals surface area contributed by atoms with Crippen molar-refractivity contribution >= 4 is 0 Å². The van der Waals surface area contributed by atoms with E-state index >= 15 is 0 Å². The molecule has 2 aliphatic heterocycles. The molecule has 3 nitrogen and oxygen atoms in total. The van der Waals surface area contributed by atoms with E-state index in [9.17, 15) is 0 Å². The van der Waals surface area contributed by atoms with Gasteiger partial charge in [0, 0.05) is 41.3 Å². The first kappa shape index (κ1) is 35.0. The second-order valence-electron chi connectivity index (χ2n) is 21.2. The Balaban J connectivity index is 0.930. The molecule has 2 heterocycles. The second-order valence-corrected chi connectivity index (χ2v) is 21.2. The molecule has 0 bridgehead atoms. The SMILES string of the molecule is C1=CC2=C(CC1)CCC1C2C2=C(C=CC(N(C3=CC4C5=C(CCCC5)OC4CC3)C3CCC4=C(C3)C3CCC=CC3C4)C2)C12C1C=CCCC1OC1CCCCC12. The fraction of sp³-hybridized carbons (Fsp3) is 0.667. The summed E-state index contributed by atoms with van der Waals surface area (Å²) in [6.45, 7) is 0. The van der Waals surface area contributed by atoms with Crippen LogP contribution >= 0.6 is 0 Å². The van der Waals surface area contributed by atoms with Gasteiger partial charge in [-0.1, -0.05) is 89.8 Å². The fourth-order valence-electron chi connectivity index (χ4n) is 16.9. The lowest BCUT2D eigenvalue weighted by Gasteiger charge is -2.60. The van der Waals surface area contributed by atoms with Gasteiger partial charge in [0.15, 0.2) is 0 Å². The molecule has 13 unspecified atom stereocenters. The first-order valence-electron chi connectivity index (χ1n) is 24.6. The largest absolute Gasteiger partial charge is 0.494 e. The third-order valence-electron chi connectivity index (χ3n) is 19.0. The van der Waals surface area contributed by atoms with E-state index < -0.39 is 0 Å². The Morgan fingerprint density at radius 3 is 2.53 bits per heavy atom. The maximum atomic E-state index is 7.25. The van der Waals surface area contributed by atoms with Gasteiger partial charge < -0.3 is 14.4 Å². The van der Waals surface area contributed by atoms with Gasteiger partial charge in [0.2, 0.25) is 0 Å². The number of rotatable bonds is 3. The van der Waals surface area contributed by atoms with Crippen molar-refractivity contribution in [3.63, 3.8) is 0 Å². The maximum absolute atomic E-state index is 7.25. The van der Waals surface area contributed by atoms with Crippen LogP contribution in [0.1, 0.15) is 148 Å². The molecule has 2 fully saturated rings. The Bertz CT molecular complexity index is 2000. The van der Waals surface area contributed by atoms with Gasteiger partial charge in [0.1, 0.15) is 6.10 Å². The molecule has 0 aromatic carbocycles. The van der Waals surface area contributed by atoms with Crippen molar-refractivity contribution in [2.45, 2.75) is 178 Å². The summed E-state index contributed by atoms with van der Waals surface area (Å²) in [7, 11) is 0. The van der Waals surface area contributed by atoms with Crippen LogP contribution in [-0.2, 0) is 9.47 Å². The van der Waals surface area contributed by atoms with E-state index in [-0.39, 0.29) is 5.41 Å². The van der Waals surface area contributed by atoms with Crippen molar-refractivity contribution in [2.75, 3.05) is 0 Å². The molecule has 13 rings (SSSR count). The van der Waals surface area contributed by atoms with Crippen LogP contribution in [0.25, 0.3) is 0 Å². The minimum absolute atomic E-state index is 0.224. The molecule has 3 heteroatoms. The summed E-state index contributed by atoms with van der Waals surface area (Å²) in [5, 5.41) is 0. The van der Waals surface area contributed by atoms with Crippen LogP contribution in [0.15, 0.2) is 105 Å². The summed E-state index contributed by atoms with van der Waals surface area (Å²) in [6, 6.07) is 1.05. The Hall–Kier alpha value is -2.78. The van der Waals surface area contributed by atoms with Gasteiger partial charge in [-0.2, -0.15) is 0 Å². The van der Waals surface area contributed by atoms with E-state index in [4.69, 9.17) is 9.47 Å². The second kappa shape index (κ2) is 13.6. The molecule has 13 atom stereocenters. The normalized spacial score (nSPS) is 45.0. The number of fused-ring (bicyclic) bond motifs is 13. The smallest absolute Gasteiger partial charge is 0.109 e. The summed E-state index contributed by atoms with van der Waals surface area (Å²) in [4.78, 5) is 3.12. The van der Waals surface area contributed by atoms with Gasteiger partial charge in [-0.25, -0.2) is 0 Å². The first-order chi connectivity index (χ1) is 28.2. The molecule has 0 radical (unpaired) electrons. The minimum Gasteiger partial charge on any atom is -0.494 e. The van der Waals surface area contributed by atoms with E-state index in [1.54, 1.807) is 16.8 Å². The predicted octanol–water partition coefficient (Wildman–Crippen LogP) is 12.9. The van der Waals surface area contributed by atoms with Crippen molar-refractivity contribution in [3.8, 4) is 0 Å². The van der Waals surface area contributed by atoms with Crippen LogP contribution in [0.2, 0.25) is 0 Å². The Kier molecular flexibility index (Phi) is 8.37. The molecule has 11 aliphatic carbocycles. The highest BCUT2D eigenvalue weighted by molar-refractivity contribution is 5.55. The summed E-state index contributed by atoms with van der Waals surface area (Å²) in [5.74, 6) is 5.98. The summed E-state index contributed by atoms with van der Waals surface area (Å²) in [6.07, 6.45) is 54.9. The lowest BCUT2D eigenvalue weighted by molar-refractivity contribution is -0.194. The van der Waals surface area contributed by atoms with Gasteiger partial charge in [0.05, 0.1) is 24.0 Å². The summed E-state index contributed by atoms with van der Waals surface area (Å²) >= 11 is 0. The standard InChI is InChI=1S/C54H67NO2/c1-4-14-40-33(11-1)22-26-48-53(40)44-32-37(24-27-45(44)54(48)46-16-6-9-19-51(46)57-52-20-10-7-17-47(52)54)55(36-23-21-35-29-34-12-2-3-13-39(34)42(35)30-36)38-25-28-50-43(31-38)41-15-5-8-18-49(41)56-50/h2,4,6,12,14,16,24,27,31,34,36-37,39,43,46-48,50-53H,1,3,5,7-11,13,15,17-23,25-26,28-30,32H2. The predicted molar refractivity (Wildman–Crippen MR) is 229 cm³/mol. The number of nitrogens with zero attached hydrogens (tertiary/aromatic N) is 1. The molecular formula is C54H67NO2. The number of allylic oxidation sites excluding steroid dienone is 12. The molecular weight excluding hydrogens is 695 g/mol. The summed E-state index contributed by atoms with van der Waals surface area (Å²) in [5.41, 5.74) is 14.6. The molecule has 1 saturated carbocycles. The van der Waals surface area contributed by atoms with E-state index in [1.807, 2.05) is 27.9 Å². The highest BCUT2D eigenvalue weighted by Gasteiger charge is 2.66. The molecule has 1 spiro atoms. The lowest BCUT2D eigenvalue weighted by Crippen LogP contribution is -2.59. The van der Waals surface area contributed by atoms with E-state index in [0.29, 0.717) is 60.0 Å². The average Bonchev–Trinajstić information content (AvgIpc) is 3.92. The topological polar surface area (TPSA) is 21.7 Å². The molecule has 13 aliphatic rings. The lowest BCUT2D eigenvalue weighted by atomic mass is 9.48. The zero-order valence-electron chi connectivity index (χ0n) is 34.7. The van der Waals surface area contributed by atoms with Gasteiger partial charge in [-0.05, 0) is 169 Å². The van der Waals surface area contributed by atoms with E-state index in [0.717, 1.165) is 11.8 Å². The number of ether oxygens (including phenoxy) is 2. The van der Waals surface area contributed by atoms with Crippen molar-refractivity contribution < 1.29 is 9.47 Å². The van der Waals surface area contributed by atoms with Gasteiger partial charge in [-0.3, -0.25) is 0 Å². The van der Waals surface area contributed by atoms with E-state index in [1.165, 1.54) is 153 Å². The molecule has 57 heavy (non-hydrogen) atoms. The molecule has 0 N–H and O–H groups in total. The van der Waals surface area contributed by atoms with Crippen LogP contribution in [0.3, 0.4) is 0 Å². The minimum atomic E-state index is 0.224. The van der Waals surface area contributed by atoms with Crippen molar-refractivity contribution in [3.05, 3.63) is 105 Å². The van der Waals surface area contributed by atoms with E-state index in [2.05, 4.69) is 59.6 Å². The van der Waals surface area contributed by atoms with Crippen LogP contribution in [0, 0.1) is 46.8 Å².